The first-order chi connectivity index (χ1) is 6.86. The van der Waals surface area contributed by atoms with Gasteiger partial charge >= 0.3 is 0 Å². The summed E-state index contributed by atoms with van der Waals surface area (Å²) in [5, 5.41) is 3.63. The zero-order chi connectivity index (χ0) is 9.80. The summed E-state index contributed by atoms with van der Waals surface area (Å²) in [7, 11) is 0. The minimum absolute atomic E-state index is 0.429. The van der Waals surface area contributed by atoms with Crippen LogP contribution in [0.3, 0.4) is 0 Å². The maximum atomic E-state index is 5.53. The van der Waals surface area contributed by atoms with E-state index in [0.717, 1.165) is 12.5 Å². The minimum atomic E-state index is 0.429. The van der Waals surface area contributed by atoms with Crippen LogP contribution in [0.5, 0.6) is 0 Å². The molecule has 1 saturated heterocycles. The topological polar surface area (TPSA) is 21.3 Å². The lowest BCUT2D eigenvalue weighted by Crippen LogP contribution is -2.35. The molecule has 0 aromatic carbocycles. The van der Waals surface area contributed by atoms with Gasteiger partial charge in [-0.15, -0.1) is 0 Å². The number of hydrogen-bond acceptors (Lipinski definition) is 2. The molecule has 2 atom stereocenters. The van der Waals surface area contributed by atoms with E-state index in [9.17, 15) is 0 Å². The van der Waals surface area contributed by atoms with Gasteiger partial charge in [-0.05, 0) is 32.2 Å². The van der Waals surface area contributed by atoms with E-state index in [0.29, 0.717) is 12.1 Å². The summed E-state index contributed by atoms with van der Waals surface area (Å²) in [6.07, 6.45) is 8.88. The van der Waals surface area contributed by atoms with Gasteiger partial charge in [0.05, 0.1) is 6.10 Å². The molecule has 0 aromatic rings. The molecule has 1 aliphatic carbocycles. The van der Waals surface area contributed by atoms with Gasteiger partial charge in [-0.25, -0.2) is 0 Å². The van der Waals surface area contributed by atoms with E-state index in [1.54, 1.807) is 0 Å². The number of rotatable bonds is 4. The lowest BCUT2D eigenvalue weighted by atomic mass is 10.0. The van der Waals surface area contributed by atoms with Crippen molar-refractivity contribution in [3.05, 3.63) is 0 Å². The summed E-state index contributed by atoms with van der Waals surface area (Å²) in [5.74, 6) is 1.01. The molecular weight excluding hydrogens is 174 g/mol. The fourth-order valence-corrected chi connectivity index (χ4v) is 2.77. The highest BCUT2D eigenvalue weighted by molar-refractivity contribution is 4.79. The number of hydrogen-bond donors (Lipinski definition) is 1. The van der Waals surface area contributed by atoms with Gasteiger partial charge in [0.2, 0.25) is 0 Å². The molecule has 0 amide bonds. The van der Waals surface area contributed by atoms with Gasteiger partial charge in [0.25, 0.3) is 0 Å². The molecule has 0 spiro atoms. The molecule has 0 radical (unpaired) electrons. The van der Waals surface area contributed by atoms with Crippen LogP contribution in [-0.2, 0) is 4.74 Å². The van der Waals surface area contributed by atoms with Gasteiger partial charge < -0.3 is 10.1 Å². The van der Waals surface area contributed by atoms with Crippen molar-refractivity contribution < 1.29 is 4.74 Å². The fourth-order valence-electron chi connectivity index (χ4n) is 2.77. The Balaban J connectivity index is 1.57. The van der Waals surface area contributed by atoms with E-state index in [-0.39, 0.29) is 0 Å². The molecule has 2 aliphatic rings. The van der Waals surface area contributed by atoms with Crippen LogP contribution in [0.2, 0.25) is 0 Å². The first-order valence-corrected chi connectivity index (χ1v) is 6.21. The van der Waals surface area contributed by atoms with Crippen LogP contribution in [0.1, 0.15) is 45.4 Å². The first kappa shape index (κ1) is 10.4. The van der Waals surface area contributed by atoms with Gasteiger partial charge in [-0.3, -0.25) is 0 Å². The van der Waals surface area contributed by atoms with E-state index in [1.165, 1.54) is 45.1 Å². The van der Waals surface area contributed by atoms with E-state index < -0.39 is 0 Å². The van der Waals surface area contributed by atoms with Gasteiger partial charge in [0, 0.05) is 12.6 Å². The maximum absolute atomic E-state index is 5.53. The van der Waals surface area contributed by atoms with Crippen LogP contribution in [0, 0.1) is 5.92 Å². The van der Waals surface area contributed by atoms with Gasteiger partial charge in [-0.1, -0.05) is 25.7 Å². The highest BCUT2D eigenvalue weighted by atomic mass is 16.5. The standard InChI is InChI=1S/C12H23NO/c1-10-12(7-9-14-10)13-8-6-11-4-2-3-5-11/h10-13H,2-9H2,1H3. The number of ether oxygens (including phenoxy) is 1. The Hall–Kier alpha value is -0.0800. The third kappa shape index (κ3) is 2.71. The Bertz CT molecular complexity index is 166. The Labute approximate surface area is 87.4 Å². The fraction of sp³-hybridized carbons (Fsp3) is 1.00. The monoisotopic (exact) mass is 197 g/mol. The predicted molar refractivity (Wildman–Crippen MR) is 58.4 cm³/mol. The predicted octanol–water partition coefficient (Wildman–Crippen LogP) is 2.33. The molecule has 2 nitrogen and oxygen atoms in total. The van der Waals surface area contributed by atoms with Crippen molar-refractivity contribution in [2.24, 2.45) is 5.92 Å². The third-order valence-corrected chi connectivity index (χ3v) is 3.81. The average molecular weight is 197 g/mol. The summed E-state index contributed by atoms with van der Waals surface area (Å²) in [6, 6.07) is 0.622. The maximum Gasteiger partial charge on any atom is 0.0700 e. The van der Waals surface area contributed by atoms with Crippen LogP contribution >= 0.6 is 0 Å². The van der Waals surface area contributed by atoms with Gasteiger partial charge in [-0.2, -0.15) is 0 Å². The van der Waals surface area contributed by atoms with Crippen molar-refractivity contribution >= 4 is 0 Å². The molecule has 2 unspecified atom stereocenters. The number of nitrogens with one attached hydrogen (secondary N) is 1. The van der Waals surface area contributed by atoms with E-state index in [2.05, 4.69) is 12.2 Å². The summed E-state index contributed by atoms with van der Waals surface area (Å²) in [5.41, 5.74) is 0. The third-order valence-electron chi connectivity index (χ3n) is 3.81. The average Bonchev–Trinajstić information content (AvgIpc) is 2.78. The molecule has 82 valence electrons. The molecule has 2 rings (SSSR count). The molecular formula is C12H23NO. The van der Waals surface area contributed by atoms with Crippen LogP contribution in [0.25, 0.3) is 0 Å². The molecule has 1 saturated carbocycles. The molecule has 14 heavy (non-hydrogen) atoms. The summed E-state index contributed by atoms with van der Waals surface area (Å²) < 4.78 is 5.53. The van der Waals surface area contributed by atoms with Crippen LogP contribution in [0.15, 0.2) is 0 Å². The molecule has 0 bridgehead atoms. The molecule has 1 N–H and O–H groups in total. The molecule has 2 fully saturated rings. The second kappa shape index (κ2) is 5.13. The Morgan fingerprint density at radius 3 is 2.64 bits per heavy atom. The highest BCUT2D eigenvalue weighted by Gasteiger charge is 2.23. The van der Waals surface area contributed by atoms with Crippen molar-refractivity contribution in [3.8, 4) is 0 Å². The van der Waals surface area contributed by atoms with Crippen molar-refractivity contribution in [1.82, 2.24) is 5.32 Å². The molecule has 1 heterocycles. The Kier molecular flexibility index (Phi) is 3.82. The highest BCUT2D eigenvalue weighted by Crippen LogP contribution is 2.27. The van der Waals surface area contributed by atoms with E-state index in [4.69, 9.17) is 4.74 Å². The van der Waals surface area contributed by atoms with Crippen LogP contribution in [-0.4, -0.2) is 25.3 Å². The quantitative estimate of drug-likeness (QED) is 0.747. The zero-order valence-corrected chi connectivity index (χ0v) is 9.30. The first-order valence-electron chi connectivity index (χ1n) is 6.21. The SMILES string of the molecule is CC1OCCC1NCCC1CCCC1. The van der Waals surface area contributed by atoms with Crippen molar-refractivity contribution in [1.29, 1.82) is 0 Å². The zero-order valence-electron chi connectivity index (χ0n) is 9.30. The Morgan fingerprint density at radius 2 is 2.00 bits per heavy atom. The Morgan fingerprint density at radius 1 is 1.21 bits per heavy atom. The normalized spacial score (nSPS) is 34.1. The lowest BCUT2D eigenvalue weighted by Gasteiger charge is -2.17. The van der Waals surface area contributed by atoms with Crippen LogP contribution in [0.4, 0.5) is 0 Å². The van der Waals surface area contributed by atoms with E-state index in [1.807, 2.05) is 0 Å². The van der Waals surface area contributed by atoms with Crippen molar-refractivity contribution in [3.63, 3.8) is 0 Å². The lowest BCUT2D eigenvalue weighted by molar-refractivity contribution is 0.113. The molecule has 1 aliphatic heterocycles. The second-order valence-electron chi connectivity index (χ2n) is 4.86. The second-order valence-corrected chi connectivity index (χ2v) is 4.86. The van der Waals surface area contributed by atoms with E-state index >= 15 is 0 Å². The van der Waals surface area contributed by atoms with Gasteiger partial charge in [0.15, 0.2) is 0 Å². The largest absolute Gasteiger partial charge is 0.377 e. The summed E-state index contributed by atoms with van der Waals surface area (Å²) in [4.78, 5) is 0. The summed E-state index contributed by atoms with van der Waals surface area (Å²) >= 11 is 0. The molecule has 0 aromatic heterocycles. The van der Waals surface area contributed by atoms with Crippen molar-refractivity contribution in [2.75, 3.05) is 13.2 Å². The summed E-state index contributed by atoms with van der Waals surface area (Å²) in [6.45, 7) is 4.32. The minimum Gasteiger partial charge on any atom is -0.377 e. The van der Waals surface area contributed by atoms with Crippen LogP contribution < -0.4 is 5.32 Å². The van der Waals surface area contributed by atoms with Gasteiger partial charge in [0.1, 0.15) is 0 Å². The van der Waals surface area contributed by atoms with Crippen molar-refractivity contribution in [2.45, 2.75) is 57.6 Å². The molecule has 2 heteroatoms. The smallest absolute Gasteiger partial charge is 0.0700 e.